The normalized spacial score (nSPS) is 17.7. The molecular formula is C22H20Br2Cl4N2O4. The van der Waals surface area contributed by atoms with Crippen LogP contribution in [0.2, 0.25) is 20.1 Å². The lowest BCUT2D eigenvalue weighted by Gasteiger charge is -2.32. The monoisotopic (exact) mass is 674 g/mol. The van der Waals surface area contributed by atoms with Gasteiger partial charge in [0.1, 0.15) is 0 Å². The molecule has 3 rings (SSSR count). The van der Waals surface area contributed by atoms with Crippen molar-refractivity contribution in [2.45, 2.75) is 37.8 Å². The lowest BCUT2D eigenvalue weighted by molar-refractivity contribution is -0.127. The molecule has 0 heterocycles. The first-order valence-corrected chi connectivity index (χ1v) is 13.4. The molecule has 2 atom stereocenters. The van der Waals surface area contributed by atoms with E-state index < -0.39 is 0 Å². The first kappa shape index (κ1) is 27.7. The zero-order chi connectivity index (χ0) is 24.8. The van der Waals surface area contributed by atoms with Crippen molar-refractivity contribution in [2.24, 2.45) is 0 Å². The van der Waals surface area contributed by atoms with E-state index in [9.17, 15) is 9.59 Å². The highest BCUT2D eigenvalue weighted by molar-refractivity contribution is 9.11. The number of amides is 2. The molecule has 0 bridgehead atoms. The van der Waals surface area contributed by atoms with Gasteiger partial charge in [0, 0.05) is 22.1 Å². The minimum absolute atomic E-state index is 0.233. The number of hydrogen-bond donors (Lipinski definition) is 2. The van der Waals surface area contributed by atoms with E-state index in [0.717, 1.165) is 25.7 Å². The van der Waals surface area contributed by atoms with Crippen molar-refractivity contribution in [2.75, 3.05) is 13.2 Å². The molecule has 2 aromatic rings. The van der Waals surface area contributed by atoms with E-state index in [1.165, 1.54) is 12.1 Å². The molecule has 2 amide bonds. The smallest absolute Gasteiger partial charge is 0.258 e. The number of benzene rings is 2. The number of carbonyl (C=O) groups excluding carboxylic acids is 2. The Kier molecular flexibility index (Phi) is 10.5. The Morgan fingerprint density at radius 2 is 1.15 bits per heavy atom. The minimum Gasteiger partial charge on any atom is -0.481 e. The average molecular weight is 678 g/mol. The van der Waals surface area contributed by atoms with Crippen LogP contribution in [0.15, 0.2) is 33.2 Å². The highest BCUT2D eigenvalue weighted by Gasteiger charge is 2.28. The van der Waals surface area contributed by atoms with Crippen molar-refractivity contribution in [1.82, 2.24) is 10.6 Å². The number of halogens is 6. The van der Waals surface area contributed by atoms with Crippen LogP contribution < -0.4 is 20.1 Å². The average Bonchev–Trinajstić information content (AvgIpc) is 2.73. The van der Waals surface area contributed by atoms with Crippen LogP contribution in [0.25, 0.3) is 0 Å². The third kappa shape index (κ3) is 7.80. The summed E-state index contributed by atoms with van der Waals surface area (Å²) in [5.41, 5.74) is 0. The predicted molar refractivity (Wildman–Crippen MR) is 142 cm³/mol. The number of ether oxygens (including phenoxy) is 2. The maximum Gasteiger partial charge on any atom is 0.258 e. The van der Waals surface area contributed by atoms with Gasteiger partial charge in [-0.1, -0.05) is 59.2 Å². The molecule has 34 heavy (non-hydrogen) atoms. The summed E-state index contributed by atoms with van der Waals surface area (Å²) in [7, 11) is 0. The van der Waals surface area contributed by atoms with E-state index in [4.69, 9.17) is 55.9 Å². The summed E-state index contributed by atoms with van der Waals surface area (Å²) in [5.74, 6) is 0.0205. The molecule has 0 saturated heterocycles. The minimum atomic E-state index is -0.322. The molecule has 2 N–H and O–H groups in total. The van der Waals surface area contributed by atoms with Crippen molar-refractivity contribution >= 4 is 90.1 Å². The van der Waals surface area contributed by atoms with Gasteiger partial charge in [-0.2, -0.15) is 0 Å². The first-order chi connectivity index (χ1) is 16.1. The molecule has 1 fully saturated rings. The van der Waals surface area contributed by atoms with E-state index in [1.54, 1.807) is 12.1 Å². The van der Waals surface area contributed by atoms with Crippen LogP contribution in [0.3, 0.4) is 0 Å². The quantitative estimate of drug-likeness (QED) is 0.322. The summed E-state index contributed by atoms with van der Waals surface area (Å²) in [6, 6.07) is 5.86. The van der Waals surface area contributed by atoms with Crippen molar-refractivity contribution in [3.05, 3.63) is 53.3 Å². The molecule has 0 aliphatic heterocycles. The van der Waals surface area contributed by atoms with Gasteiger partial charge in [-0.15, -0.1) is 0 Å². The molecule has 0 aromatic heterocycles. The van der Waals surface area contributed by atoms with Gasteiger partial charge in [0.05, 0.1) is 19.0 Å². The van der Waals surface area contributed by atoms with Crippen LogP contribution in [-0.4, -0.2) is 37.1 Å². The second-order valence-corrected chi connectivity index (χ2v) is 11.0. The van der Waals surface area contributed by atoms with Crippen LogP contribution >= 0.6 is 78.3 Å². The number of carbonyl (C=O) groups is 2. The van der Waals surface area contributed by atoms with Gasteiger partial charge in [0.2, 0.25) is 0 Å². The molecule has 184 valence electrons. The Balaban J connectivity index is 1.53. The second-order valence-electron chi connectivity index (χ2n) is 7.61. The Morgan fingerprint density at radius 1 is 0.765 bits per heavy atom. The number of rotatable bonds is 8. The van der Waals surface area contributed by atoms with Gasteiger partial charge in [0.25, 0.3) is 11.8 Å². The van der Waals surface area contributed by atoms with E-state index in [2.05, 4.69) is 42.5 Å². The molecule has 2 unspecified atom stereocenters. The molecule has 1 aliphatic rings. The van der Waals surface area contributed by atoms with Gasteiger partial charge in [0.15, 0.2) is 24.7 Å². The van der Waals surface area contributed by atoms with Gasteiger partial charge < -0.3 is 20.1 Å². The molecule has 1 saturated carbocycles. The lowest BCUT2D eigenvalue weighted by Crippen LogP contribution is -2.54. The fraction of sp³-hybridized carbons (Fsp3) is 0.364. The molecular weight excluding hydrogens is 658 g/mol. The summed E-state index contributed by atoms with van der Waals surface area (Å²) >= 11 is 30.8. The highest BCUT2D eigenvalue weighted by atomic mass is 79.9. The van der Waals surface area contributed by atoms with Crippen LogP contribution in [-0.2, 0) is 9.59 Å². The van der Waals surface area contributed by atoms with Crippen LogP contribution in [0, 0.1) is 0 Å². The van der Waals surface area contributed by atoms with E-state index >= 15 is 0 Å². The lowest BCUT2D eigenvalue weighted by atomic mass is 9.90. The summed E-state index contributed by atoms with van der Waals surface area (Å²) in [5, 5.41) is 7.38. The Bertz CT molecular complexity index is 944. The van der Waals surface area contributed by atoms with Crippen molar-refractivity contribution in [1.29, 1.82) is 0 Å². The van der Waals surface area contributed by atoms with Gasteiger partial charge >= 0.3 is 0 Å². The topological polar surface area (TPSA) is 76.7 Å². The zero-order valence-electron chi connectivity index (χ0n) is 17.6. The van der Waals surface area contributed by atoms with Gasteiger partial charge in [-0.25, -0.2) is 0 Å². The molecule has 6 nitrogen and oxygen atoms in total. The third-order valence-corrected chi connectivity index (χ3v) is 7.26. The molecule has 1 aliphatic carbocycles. The summed E-state index contributed by atoms with van der Waals surface area (Å²) in [6.07, 6.45) is 3.35. The zero-order valence-corrected chi connectivity index (χ0v) is 23.8. The van der Waals surface area contributed by atoms with Crippen LogP contribution in [0.5, 0.6) is 11.5 Å². The van der Waals surface area contributed by atoms with Crippen molar-refractivity contribution in [3.63, 3.8) is 0 Å². The first-order valence-electron chi connectivity index (χ1n) is 10.3. The standard InChI is InChI=1S/C22H20Br2Cl4N2O4/c23-13-5-11(25)7-15(27)21(13)33-9-19(31)29-17-3-1-2-4-18(17)30-20(32)10-34-22-14(24)6-12(26)8-16(22)28/h5-8,17-18H,1-4,9-10H2,(H,29,31)(H,30,32). The molecule has 0 spiro atoms. The number of nitrogens with one attached hydrogen (secondary N) is 2. The maximum absolute atomic E-state index is 12.5. The van der Waals surface area contributed by atoms with Crippen LogP contribution in [0.4, 0.5) is 0 Å². The summed E-state index contributed by atoms with van der Waals surface area (Å²) in [4.78, 5) is 25.1. The molecule has 12 heteroatoms. The second kappa shape index (κ2) is 12.9. The maximum atomic E-state index is 12.5. The Morgan fingerprint density at radius 3 is 1.50 bits per heavy atom. The summed E-state index contributed by atoms with van der Waals surface area (Å²) < 4.78 is 12.3. The predicted octanol–water partition coefficient (Wildman–Crippen LogP) is 6.83. The largest absolute Gasteiger partial charge is 0.481 e. The fourth-order valence-corrected chi connectivity index (χ4v) is 6.32. The summed E-state index contributed by atoms with van der Waals surface area (Å²) in [6.45, 7) is -0.466. The Labute approximate surface area is 234 Å². The number of hydrogen-bond acceptors (Lipinski definition) is 4. The SMILES string of the molecule is O=C(COc1c(Cl)cc(Cl)cc1Br)NC1CCCCC1NC(=O)COc1c(Cl)cc(Cl)cc1Br. The van der Waals surface area contributed by atoms with E-state index in [0.29, 0.717) is 40.5 Å². The van der Waals surface area contributed by atoms with Crippen molar-refractivity contribution < 1.29 is 19.1 Å². The third-order valence-electron chi connectivity index (χ3n) is 5.08. The van der Waals surface area contributed by atoms with E-state index in [-0.39, 0.29) is 37.1 Å². The van der Waals surface area contributed by atoms with Gasteiger partial charge in [-0.3, -0.25) is 9.59 Å². The van der Waals surface area contributed by atoms with E-state index in [1.807, 2.05) is 0 Å². The fourth-order valence-electron chi connectivity index (χ4n) is 3.58. The molecule has 0 radical (unpaired) electrons. The van der Waals surface area contributed by atoms with Gasteiger partial charge in [-0.05, 0) is 69.0 Å². The van der Waals surface area contributed by atoms with Crippen molar-refractivity contribution in [3.8, 4) is 11.5 Å². The van der Waals surface area contributed by atoms with Crippen LogP contribution in [0.1, 0.15) is 25.7 Å². The highest BCUT2D eigenvalue weighted by Crippen LogP contribution is 2.37. The molecule has 2 aromatic carbocycles. The Hall–Kier alpha value is -0.900.